The second-order valence-corrected chi connectivity index (χ2v) is 19.8. The molecule has 0 radical (unpaired) electrons. The monoisotopic (exact) mass is 796 g/mol. The van der Waals surface area contributed by atoms with Gasteiger partial charge in [-0.3, -0.25) is 19.2 Å². The Balaban J connectivity index is -0.000000180. The first-order chi connectivity index (χ1) is 24.0. The SMILES string of the molecule is C=O.CC(=O)O[SiH](OC(C)=O)c1ccccc1.CC(=O)O[Si](C)(C)OC(C)=O.CCO[Si](CC)(CC)OCC.C[SiH](OC=C=O)OC=C=O.O=O. The Morgan fingerprint density at radius 2 is 1.06 bits per heavy atom. The summed E-state index contributed by atoms with van der Waals surface area (Å²) in [6.07, 6.45) is 1.74. The van der Waals surface area contributed by atoms with Gasteiger partial charge in [-0.05, 0) is 32.5 Å². The van der Waals surface area contributed by atoms with Crippen LogP contribution in [-0.2, 0) is 69.0 Å². The molecular formula is C30H52O17Si4. The molecule has 0 amide bonds. The first-order valence-corrected chi connectivity index (χ1v) is 23.9. The minimum atomic E-state index is -2.53. The zero-order chi connectivity index (χ0) is 40.9. The van der Waals surface area contributed by atoms with Crippen LogP contribution in [0.15, 0.2) is 42.9 Å². The Hall–Kier alpha value is -4.34. The van der Waals surface area contributed by atoms with E-state index in [0.29, 0.717) is 0 Å². The molecule has 0 atom stereocenters. The van der Waals surface area contributed by atoms with Crippen LogP contribution in [0.25, 0.3) is 0 Å². The molecule has 0 N–H and O–H groups in total. The molecule has 1 aromatic carbocycles. The fraction of sp³-hybridized carbons (Fsp3) is 0.500. The van der Waals surface area contributed by atoms with E-state index in [-0.39, 0.29) is 0 Å². The van der Waals surface area contributed by atoms with Crippen molar-refractivity contribution in [2.24, 2.45) is 0 Å². The first-order valence-electron chi connectivity index (χ1n) is 15.2. The quantitative estimate of drug-likeness (QED) is 0.141. The smallest absolute Gasteiger partial charge is 0.483 e. The summed E-state index contributed by atoms with van der Waals surface area (Å²) in [5, 5.41) is 0.767. The van der Waals surface area contributed by atoms with Gasteiger partial charge in [-0.25, -0.2) is 9.59 Å². The lowest BCUT2D eigenvalue weighted by Crippen LogP contribution is -2.40. The summed E-state index contributed by atoms with van der Waals surface area (Å²) in [4.78, 5) is 83.7. The highest BCUT2D eigenvalue weighted by Gasteiger charge is 2.32. The Bertz CT molecular complexity index is 1110. The van der Waals surface area contributed by atoms with E-state index in [4.69, 9.17) is 41.3 Å². The highest BCUT2D eigenvalue weighted by molar-refractivity contribution is 6.68. The molecule has 21 heteroatoms. The normalized spacial score (nSPS) is 9.88. The van der Waals surface area contributed by atoms with Crippen LogP contribution in [0.3, 0.4) is 0 Å². The number of carbonyl (C=O) groups excluding carboxylic acids is 7. The molecule has 0 bridgehead atoms. The molecule has 17 nitrogen and oxygen atoms in total. The molecule has 0 aliphatic rings. The molecule has 290 valence electrons. The van der Waals surface area contributed by atoms with Gasteiger partial charge in [0, 0.05) is 69.1 Å². The van der Waals surface area contributed by atoms with Crippen molar-refractivity contribution < 1.29 is 69.0 Å². The van der Waals surface area contributed by atoms with Crippen molar-refractivity contribution in [1.29, 1.82) is 0 Å². The van der Waals surface area contributed by atoms with Crippen LogP contribution in [0.5, 0.6) is 0 Å². The van der Waals surface area contributed by atoms with E-state index in [9.17, 15) is 28.8 Å². The van der Waals surface area contributed by atoms with Crippen LogP contribution in [0.2, 0.25) is 31.7 Å². The third-order valence-electron chi connectivity index (χ3n) is 4.90. The molecule has 0 fully saturated rings. The third kappa shape index (κ3) is 38.3. The van der Waals surface area contributed by atoms with Crippen LogP contribution in [-0.4, -0.2) is 91.5 Å². The molecule has 0 aliphatic carbocycles. The molecule has 0 unspecified atom stereocenters. The maximum Gasteiger partial charge on any atom is 0.483 e. The number of hydrogen-bond acceptors (Lipinski definition) is 17. The van der Waals surface area contributed by atoms with Crippen molar-refractivity contribution in [3.05, 3.63) is 52.8 Å². The fourth-order valence-electron chi connectivity index (χ4n) is 3.29. The van der Waals surface area contributed by atoms with Crippen molar-refractivity contribution in [3.63, 3.8) is 0 Å². The van der Waals surface area contributed by atoms with Gasteiger partial charge in [0.05, 0.1) is 0 Å². The molecular weight excluding hydrogens is 745 g/mol. The second-order valence-electron chi connectivity index (χ2n) is 9.34. The minimum Gasteiger partial charge on any atom is -0.511 e. The molecule has 0 aromatic heterocycles. The standard InChI is InChI=1S/C10H12O4Si.C8H20O2Si.C6H12O4Si.C5H6O4Si.CH2O.O2/c1-8(11)13-15(14-9(2)12)10-6-4-3-5-7-10;1-5-9-11(7-3,8-4)10-6-2;1-5(7)9-11(3,4)10-6(2)8;1-10(8-4-2-6)9-5-3-7;2*1-2/h3-7,15H,1-2H3;5-8H2,1-4H3;1-4H3;4-5,10H,1H3;1H2;. The summed E-state index contributed by atoms with van der Waals surface area (Å²) < 4.78 is 40.3. The van der Waals surface area contributed by atoms with E-state index in [1.165, 1.54) is 39.6 Å². The number of rotatable bonds is 15. The lowest BCUT2D eigenvalue weighted by atomic mass is 10.4. The molecule has 0 saturated heterocycles. The van der Waals surface area contributed by atoms with E-state index >= 15 is 0 Å². The zero-order valence-electron chi connectivity index (χ0n) is 31.2. The lowest BCUT2D eigenvalue weighted by molar-refractivity contribution is -0.140. The van der Waals surface area contributed by atoms with Gasteiger partial charge in [0.25, 0.3) is 23.9 Å². The summed E-state index contributed by atoms with van der Waals surface area (Å²) in [5.41, 5.74) is 0. The predicted octanol–water partition coefficient (Wildman–Crippen LogP) is 3.04. The maximum atomic E-state index is 10.8. The maximum absolute atomic E-state index is 10.8. The Kier molecular flexibility index (Phi) is 40.6. The first kappa shape index (κ1) is 56.0. The molecule has 0 heterocycles. The Morgan fingerprint density at radius 3 is 1.31 bits per heavy atom. The molecule has 0 spiro atoms. The van der Waals surface area contributed by atoms with Crippen LogP contribution < -0.4 is 5.19 Å². The van der Waals surface area contributed by atoms with E-state index in [1.807, 2.05) is 38.8 Å². The third-order valence-corrected chi connectivity index (χ3v) is 13.3. The lowest BCUT2D eigenvalue weighted by Gasteiger charge is -2.27. The van der Waals surface area contributed by atoms with Gasteiger partial charge in [-0.15, -0.1) is 0 Å². The summed E-state index contributed by atoms with van der Waals surface area (Å²) >= 11 is 0. The van der Waals surface area contributed by atoms with E-state index in [2.05, 4.69) is 22.7 Å². The average Bonchev–Trinajstić information content (AvgIpc) is 3.07. The van der Waals surface area contributed by atoms with Gasteiger partial charge < -0.3 is 40.2 Å². The highest BCUT2D eigenvalue weighted by atomic mass is 28.4. The van der Waals surface area contributed by atoms with Crippen LogP contribution in [0.4, 0.5) is 0 Å². The highest BCUT2D eigenvalue weighted by Crippen LogP contribution is 2.17. The summed E-state index contributed by atoms with van der Waals surface area (Å²) in [6, 6.07) is 11.1. The van der Waals surface area contributed by atoms with Crippen molar-refractivity contribution >= 4 is 83.4 Å². The fourth-order valence-corrected chi connectivity index (χ4v) is 9.19. The van der Waals surface area contributed by atoms with Gasteiger partial charge in [-0.2, -0.15) is 0 Å². The molecule has 0 saturated carbocycles. The van der Waals surface area contributed by atoms with Gasteiger partial charge in [0.1, 0.15) is 6.79 Å². The zero-order valence-corrected chi connectivity index (χ0v) is 35.5. The van der Waals surface area contributed by atoms with Gasteiger partial charge >= 0.3 is 35.7 Å². The second kappa shape index (κ2) is 36.9. The van der Waals surface area contributed by atoms with Crippen LogP contribution in [0.1, 0.15) is 55.4 Å². The van der Waals surface area contributed by atoms with E-state index in [1.54, 1.807) is 31.8 Å². The van der Waals surface area contributed by atoms with Crippen LogP contribution in [0, 0.1) is 9.93 Å². The van der Waals surface area contributed by atoms with Crippen molar-refractivity contribution in [2.45, 2.75) is 87.1 Å². The topological polar surface area (TPSA) is 227 Å². The summed E-state index contributed by atoms with van der Waals surface area (Å²) in [6.45, 7) is 22.0. The Morgan fingerprint density at radius 1 is 0.706 bits per heavy atom. The average molecular weight is 797 g/mol. The van der Waals surface area contributed by atoms with Crippen molar-refractivity contribution in [2.75, 3.05) is 13.2 Å². The molecule has 1 aromatic rings. The number of hydrogen-bond donors (Lipinski definition) is 0. The molecule has 51 heavy (non-hydrogen) atoms. The number of benzene rings is 1. The van der Waals surface area contributed by atoms with Gasteiger partial charge in [-0.1, -0.05) is 44.2 Å². The van der Waals surface area contributed by atoms with Gasteiger partial charge in [0.2, 0.25) is 0 Å². The Labute approximate surface area is 305 Å². The van der Waals surface area contributed by atoms with Crippen LogP contribution >= 0.6 is 0 Å². The number of carbonyl (C=O) groups is 5. The summed E-state index contributed by atoms with van der Waals surface area (Å²) in [7, 11) is -8.55. The summed E-state index contributed by atoms with van der Waals surface area (Å²) in [5.74, 6) is 1.15. The molecule has 0 aliphatic heterocycles. The largest absolute Gasteiger partial charge is 0.511 e. The van der Waals surface area contributed by atoms with Crippen molar-refractivity contribution in [3.8, 4) is 0 Å². The van der Waals surface area contributed by atoms with E-state index < -0.39 is 59.6 Å². The minimum absolute atomic E-state index is 0.414. The molecule has 1 rings (SSSR count). The van der Waals surface area contributed by atoms with Gasteiger partial charge in [0.15, 0.2) is 24.4 Å². The van der Waals surface area contributed by atoms with E-state index in [0.717, 1.165) is 43.0 Å². The van der Waals surface area contributed by atoms with Crippen molar-refractivity contribution in [1.82, 2.24) is 0 Å². The predicted molar refractivity (Wildman–Crippen MR) is 197 cm³/mol.